The molecule has 178 valence electrons. The number of benzene rings is 1. The fraction of sp³-hybridized carbons (Fsp3) is 0.346. The average Bonchev–Trinajstić information content (AvgIpc) is 3.43. The third-order valence-electron chi connectivity index (χ3n) is 5.69. The number of esters is 1. The Morgan fingerprint density at radius 1 is 1.21 bits per heavy atom. The van der Waals surface area contributed by atoms with Gasteiger partial charge in [0.15, 0.2) is 5.17 Å². The van der Waals surface area contributed by atoms with E-state index in [1.54, 1.807) is 24.3 Å². The topological polar surface area (TPSA) is 75.3 Å². The largest absolute Gasteiger partial charge is 0.467 e. The molecule has 8 heteroatoms. The van der Waals surface area contributed by atoms with Gasteiger partial charge in [-0.1, -0.05) is 41.6 Å². The molecule has 0 spiro atoms. The van der Waals surface area contributed by atoms with Gasteiger partial charge in [-0.3, -0.25) is 4.79 Å². The molecule has 0 aliphatic carbocycles. The van der Waals surface area contributed by atoms with E-state index in [9.17, 15) is 9.59 Å². The molecule has 7 nitrogen and oxygen atoms in total. The zero-order valence-corrected chi connectivity index (χ0v) is 20.9. The summed E-state index contributed by atoms with van der Waals surface area (Å²) in [7, 11) is 1.76. The van der Waals surface area contributed by atoms with Crippen molar-refractivity contribution in [2.45, 2.75) is 52.8 Å². The molecule has 0 radical (unpaired) electrons. The maximum Gasteiger partial charge on any atom is 0.338 e. The summed E-state index contributed by atoms with van der Waals surface area (Å²) in [6, 6.07) is 11.3. The normalized spacial score (nSPS) is 17.5. The predicted molar refractivity (Wildman–Crippen MR) is 133 cm³/mol. The number of aliphatic imine (C=N–C) groups is 1. The number of allylic oxidation sites excluding steroid dienone is 1. The van der Waals surface area contributed by atoms with Crippen LogP contribution in [-0.2, 0) is 20.9 Å². The van der Waals surface area contributed by atoms with E-state index in [1.165, 1.54) is 11.8 Å². The van der Waals surface area contributed by atoms with Crippen LogP contribution in [0.2, 0.25) is 0 Å². The molecule has 0 saturated heterocycles. The second-order valence-electron chi connectivity index (χ2n) is 8.76. The molecule has 1 unspecified atom stereocenters. The van der Waals surface area contributed by atoms with Gasteiger partial charge < -0.3 is 19.0 Å². The first-order valence-electron chi connectivity index (χ1n) is 11.2. The van der Waals surface area contributed by atoms with E-state index in [2.05, 4.69) is 0 Å². The number of thioether (sulfide) groups is 1. The van der Waals surface area contributed by atoms with Crippen molar-refractivity contribution in [1.82, 2.24) is 9.80 Å². The van der Waals surface area contributed by atoms with E-state index < -0.39 is 12.0 Å². The summed E-state index contributed by atoms with van der Waals surface area (Å²) in [6.07, 6.45) is 1.52. The van der Waals surface area contributed by atoms with Crippen molar-refractivity contribution in [3.8, 4) is 0 Å². The average molecular weight is 480 g/mol. The van der Waals surface area contributed by atoms with Gasteiger partial charge in [0.2, 0.25) is 5.91 Å². The van der Waals surface area contributed by atoms with E-state index in [-0.39, 0.29) is 18.4 Å². The first kappa shape index (κ1) is 23.9. The number of furan rings is 1. The fourth-order valence-corrected chi connectivity index (χ4v) is 4.95. The Kier molecular flexibility index (Phi) is 6.97. The van der Waals surface area contributed by atoms with Gasteiger partial charge in [0, 0.05) is 12.7 Å². The van der Waals surface area contributed by atoms with Crippen LogP contribution in [0.3, 0.4) is 0 Å². The van der Waals surface area contributed by atoms with E-state index >= 15 is 0 Å². The van der Waals surface area contributed by atoms with Crippen molar-refractivity contribution in [2.75, 3.05) is 7.05 Å². The number of hydrogen-bond acceptors (Lipinski definition) is 7. The van der Waals surface area contributed by atoms with Crippen LogP contribution < -0.4 is 0 Å². The second kappa shape index (κ2) is 9.93. The van der Waals surface area contributed by atoms with Crippen LogP contribution in [0.5, 0.6) is 0 Å². The Morgan fingerprint density at radius 3 is 2.59 bits per heavy atom. The lowest BCUT2D eigenvalue weighted by Crippen LogP contribution is -2.38. The lowest BCUT2D eigenvalue weighted by atomic mass is 9.93. The zero-order valence-electron chi connectivity index (χ0n) is 20.1. The monoisotopic (exact) mass is 479 g/mol. The Hall–Kier alpha value is -3.26. The number of rotatable bonds is 7. The number of ether oxygens (including phenoxy) is 1. The maximum atomic E-state index is 13.2. The molecule has 2 aliphatic rings. The number of fused-ring (bicyclic) bond motifs is 1. The fourth-order valence-electron chi connectivity index (χ4n) is 3.99. The maximum absolute atomic E-state index is 13.2. The predicted octanol–water partition coefficient (Wildman–Crippen LogP) is 5.16. The van der Waals surface area contributed by atoms with Gasteiger partial charge in [-0.05, 0) is 50.8 Å². The highest BCUT2D eigenvalue weighted by Crippen LogP contribution is 2.45. The number of amides is 1. The molecule has 1 aromatic heterocycles. The van der Waals surface area contributed by atoms with Crippen molar-refractivity contribution >= 4 is 28.8 Å². The Morgan fingerprint density at radius 2 is 1.94 bits per heavy atom. The summed E-state index contributed by atoms with van der Waals surface area (Å²) in [5.74, 6) is 0.281. The molecular weight excluding hydrogens is 450 g/mol. The highest BCUT2D eigenvalue weighted by molar-refractivity contribution is 8.16. The van der Waals surface area contributed by atoms with Crippen LogP contribution in [0.15, 0.2) is 74.4 Å². The van der Waals surface area contributed by atoms with E-state index in [0.29, 0.717) is 17.8 Å². The van der Waals surface area contributed by atoms with Gasteiger partial charge in [0.25, 0.3) is 0 Å². The molecule has 0 fully saturated rings. The van der Waals surface area contributed by atoms with Gasteiger partial charge in [-0.15, -0.1) is 0 Å². The summed E-state index contributed by atoms with van der Waals surface area (Å²) < 4.78 is 11.0. The molecule has 0 bridgehead atoms. The summed E-state index contributed by atoms with van der Waals surface area (Å²) in [6.45, 7) is 7.91. The standard InChI is InChI=1S/C26H29N3O4S/c1-16(2)33-25(31)23-18(4)27-26-29(24(23)19-10-8-17(3)9-11-19)20(15-34-26)13-22(30)28(5)14-21-7-6-12-32-21/h6-12,15-16,24H,13-14H2,1-5H3. The summed E-state index contributed by atoms with van der Waals surface area (Å²) in [5.41, 5.74) is 3.99. The van der Waals surface area contributed by atoms with Crippen molar-refractivity contribution in [1.29, 1.82) is 0 Å². The van der Waals surface area contributed by atoms with Crippen molar-refractivity contribution in [3.63, 3.8) is 0 Å². The van der Waals surface area contributed by atoms with Gasteiger partial charge in [-0.2, -0.15) is 0 Å². The number of nitrogens with zero attached hydrogens (tertiary/aromatic N) is 3. The van der Waals surface area contributed by atoms with Crippen molar-refractivity contribution in [2.24, 2.45) is 4.99 Å². The van der Waals surface area contributed by atoms with E-state index in [4.69, 9.17) is 14.1 Å². The van der Waals surface area contributed by atoms with Gasteiger partial charge in [0.05, 0.1) is 42.6 Å². The smallest absolute Gasteiger partial charge is 0.338 e. The minimum Gasteiger partial charge on any atom is -0.467 e. The van der Waals surface area contributed by atoms with Crippen LogP contribution >= 0.6 is 11.8 Å². The van der Waals surface area contributed by atoms with E-state index in [0.717, 1.165) is 27.8 Å². The Labute approximate surface area is 204 Å². The third kappa shape index (κ3) is 4.97. The second-order valence-corrected chi connectivity index (χ2v) is 9.60. The molecule has 4 rings (SSSR count). The summed E-state index contributed by atoms with van der Waals surface area (Å²) in [5, 5.41) is 2.70. The lowest BCUT2D eigenvalue weighted by Gasteiger charge is -2.36. The van der Waals surface area contributed by atoms with Crippen LogP contribution in [0.1, 0.15) is 50.1 Å². The molecule has 1 atom stereocenters. The first-order chi connectivity index (χ1) is 16.2. The number of hydrogen-bond donors (Lipinski definition) is 0. The molecule has 0 saturated carbocycles. The van der Waals surface area contributed by atoms with Crippen LogP contribution in [-0.4, -0.2) is 40.0 Å². The quantitative estimate of drug-likeness (QED) is 0.511. The highest BCUT2D eigenvalue weighted by Gasteiger charge is 2.41. The molecule has 2 aromatic rings. The van der Waals surface area contributed by atoms with Crippen LogP contribution in [0.4, 0.5) is 0 Å². The zero-order chi connectivity index (χ0) is 24.4. The first-order valence-corrected chi connectivity index (χ1v) is 12.1. The molecule has 2 aliphatic heterocycles. The SMILES string of the molecule is CC1=C(C(=O)OC(C)C)C(c2ccc(C)cc2)N2C(CC(=O)N(C)Cc3ccco3)=CSC2=N1. The van der Waals surface area contributed by atoms with Crippen LogP contribution in [0, 0.1) is 6.92 Å². The number of amidine groups is 1. The molecule has 34 heavy (non-hydrogen) atoms. The van der Waals surface area contributed by atoms with Gasteiger partial charge >= 0.3 is 5.97 Å². The molecule has 3 heterocycles. The van der Waals surface area contributed by atoms with Crippen LogP contribution in [0.25, 0.3) is 0 Å². The Bertz CT molecular complexity index is 1160. The third-order valence-corrected chi connectivity index (χ3v) is 6.58. The Balaban J connectivity index is 1.65. The number of carbonyl (C=O) groups excluding carboxylic acids is 2. The van der Waals surface area contributed by atoms with Gasteiger partial charge in [0.1, 0.15) is 5.76 Å². The molecule has 1 aromatic carbocycles. The lowest BCUT2D eigenvalue weighted by molar-refractivity contribution is -0.143. The van der Waals surface area contributed by atoms with Crippen molar-refractivity contribution < 1.29 is 18.7 Å². The molecular formula is C26H29N3O4S. The highest BCUT2D eigenvalue weighted by atomic mass is 32.2. The number of carbonyl (C=O) groups is 2. The van der Waals surface area contributed by atoms with Gasteiger partial charge in [-0.25, -0.2) is 9.79 Å². The number of aryl methyl sites for hydroxylation is 1. The van der Waals surface area contributed by atoms with E-state index in [1.807, 2.05) is 68.3 Å². The summed E-state index contributed by atoms with van der Waals surface area (Å²) >= 11 is 1.46. The molecule has 0 N–H and O–H groups in total. The minimum absolute atomic E-state index is 0.0512. The molecule has 1 amide bonds. The van der Waals surface area contributed by atoms with Crippen molar-refractivity contribution in [3.05, 3.63) is 81.9 Å². The minimum atomic E-state index is -0.427. The summed E-state index contributed by atoms with van der Waals surface area (Å²) in [4.78, 5) is 34.6.